The summed E-state index contributed by atoms with van der Waals surface area (Å²) >= 11 is 3.41. The number of benzene rings is 1. The highest BCUT2D eigenvalue weighted by atomic mass is 79.9. The van der Waals surface area contributed by atoms with Gasteiger partial charge in [-0.3, -0.25) is 0 Å². The molecule has 0 saturated carbocycles. The summed E-state index contributed by atoms with van der Waals surface area (Å²) in [5.74, 6) is 0.983. The van der Waals surface area contributed by atoms with Gasteiger partial charge in [-0.2, -0.15) is 0 Å². The van der Waals surface area contributed by atoms with Crippen molar-refractivity contribution in [2.75, 3.05) is 5.73 Å². The Kier molecular flexibility index (Phi) is 2.48. The zero-order valence-corrected chi connectivity index (χ0v) is 10.00. The van der Waals surface area contributed by atoms with Gasteiger partial charge in [0.1, 0.15) is 0 Å². The molecule has 2 aromatic rings. The number of hydrogen-bond donors (Lipinski definition) is 1. The quantitative estimate of drug-likeness (QED) is 0.807. The Labute approximate surface area is 95.6 Å². The Morgan fingerprint density at radius 3 is 2.60 bits per heavy atom. The smallest absolute Gasteiger partial charge is 0.249 e. The summed E-state index contributed by atoms with van der Waals surface area (Å²) in [5.41, 5.74) is 8.36. The largest absolute Gasteiger partial charge is 0.421 e. The van der Waals surface area contributed by atoms with Gasteiger partial charge in [-0.05, 0) is 24.6 Å². The summed E-state index contributed by atoms with van der Waals surface area (Å²) < 4.78 is 6.28. The van der Waals surface area contributed by atoms with Crippen molar-refractivity contribution in [3.8, 4) is 11.5 Å². The molecule has 0 aliphatic carbocycles. The molecule has 5 heteroatoms. The van der Waals surface area contributed by atoms with Gasteiger partial charge in [0.2, 0.25) is 11.8 Å². The molecule has 1 aromatic heterocycles. The van der Waals surface area contributed by atoms with Crippen LogP contribution in [0.5, 0.6) is 0 Å². The number of nitrogens with two attached hydrogens (primary N) is 1. The van der Waals surface area contributed by atoms with Crippen molar-refractivity contribution in [3.05, 3.63) is 28.1 Å². The van der Waals surface area contributed by atoms with Gasteiger partial charge in [0, 0.05) is 17.1 Å². The predicted octanol–water partition coefficient (Wildman–Crippen LogP) is 2.70. The summed E-state index contributed by atoms with van der Waals surface area (Å²) in [4.78, 5) is 0. The molecule has 0 aliphatic heterocycles. The molecule has 0 amide bonds. The van der Waals surface area contributed by atoms with E-state index in [4.69, 9.17) is 10.2 Å². The van der Waals surface area contributed by atoms with Gasteiger partial charge >= 0.3 is 0 Å². The Balaban J connectivity index is 2.62. The summed E-state index contributed by atoms with van der Waals surface area (Å²) in [6.45, 7) is 3.68. The third-order valence-electron chi connectivity index (χ3n) is 2.11. The molecular formula is C10H10BrN3O. The summed E-state index contributed by atoms with van der Waals surface area (Å²) in [7, 11) is 0. The summed E-state index contributed by atoms with van der Waals surface area (Å²) in [6, 6.07) is 3.82. The molecule has 0 atom stereocenters. The first-order valence-corrected chi connectivity index (χ1v) is 5.23. The van der Waals surface area contributed by atoms with E-state index < -0.39 is 0 Å². The average molecular weight is 268 g/mol. The van der Waals surface area contributed by atoms with Crippen LogP contribution in [-0.2, 0) is 0 Å². The SMILES string of the molecule is Cc1nnc(-c2cc(Br)cc(C)c2N)o1. The minimum Gasteiger partial charge on any atom is -0.421 e. The molecule has 1 heterocycles. The Hall–Kier alpha value is -1.36. The zero-order chi connectivity index (χ0) is 11.0. The number of hydrogen-bond acceptors (Lipinski definition) is 4. The molecule has 0 saturated heterocycles. The summed E-state index contributed by atoms with van der Waals surface area (Å²) in [6.07, 6.45) is 0. The van der Waals surface area contributed by atoms with Gasteiger partial charge in [-0.1, -0.05) is 15.9 Å². The van der Waals surface area contributed by atoms with Crippen LogP contribution in [0.25, 0.3) is 11.5 Å². The summed E-state index contributed by atoms with van der Waals surface area (Å²) in [5, 5.41) is 7.72. The van der Waals surface area contributed by atoms with Crippen LogP contribution in [0.15, 0.2) is 21.0 Å². The van der Waals surface area contributed by atoms with Gasteiger partial charge in [0.15, 0.2) is 0 Å². The van der Waals surface area contributed by atoms with E-state index in [-0.39, 0.29) is 0 Å². The standard InChI is InChI=1S/C10H10BrN3O/c1-5-3-7(11)4-8(9(5)12)10-14-13-6(2)15-10/h3-4H,12H2,1-2H3. The lowest BCUT2D eigenvalue weighted by molar-refractivity contribution is 0.533. The minimum atomic E-state index is 0.453. The fraction of sp³-hybridized carbons (Fsp3) is 0.200. The molecule has 4 nitrogen and oxygen atoms in total. The number of nitrogen functional groups attached to an aromatic ring is 1. The highest BCUT2D eigenvalue weighted by Crippen LogP contribution is 2.30. The van der Waals surface area contributed by atoms with E-state index in [1.54, 1.807) is 6.92 Å². The number of aryl methyl sites for hydroxylation is 2. The van der Waals surface area contributed by atoms with Crippen LogP contribution in [0.1, 0.15) is 11.5 Å². The first-order valence-electron chi connectivity index (χ1n) is 4.44. The first kappa shape index (κ1) is 10.2. The van der Waals surface area contributed by atoms with Crippen LogP contribution in [0.4, 0.5) is 5.69 Å². The highest BCUT2D eigenvalue weighted by Gasteiger charge is 2.12. The fourth-order valence-corrected chi connectivity index (χ4v) is 1.91. The molecule has 0 radical (unpaired) electrons. The van der Waals surface area contributed by atoms with Crippen molar-refractivity contribution in [1.82, 2.24) is 10.2 Å². The van der Waals surface area contributed by atoms with Gasteiger partial charge in [0.25, 0.3) is 0 Å². The molecule has 78 valence electrons. The lowest BCUT2D eigenvalue weighted by Crippen LogP contribution is -1.94. The molecule has 0 spiro atoms. The van der Waals surface area contributed by atoms with E-state index in [0.29, 0.717) is 17.5 Å². The van der Waals surface area contributed by atoms with Crippen LogP contribution in [0.3, 0.4) is 0 Å². The fourth-order valence-electron chi connectivity index (χ4n) is 1.34. The molecule has 15 heavy (non-hydrogen) atoms. The number of nitrogens with zero attached hydrogens (tertiary/aromatic N) is 2. The van der Waals surface area contributed by atoms with Gasteiger partial charge in [-0.15, -0.1) is 10.2 Å². The second-order valence-electron chi connectivity index (χ2n) is 3.31. The van der Waals surface area contributed by atoms with Crippen LogP contribution < -0.4 is 5.73 Å². The maximum Gasteiger partial charge on any atom is 0.249 e. The van der Waals surface area contributed by atoms with E-state index in [0.717, 1.165) is 15.6 Å². The van der Waals surface area contributed by atoms with Crippen molar-refractivity contribution in [2.45, 2.75) is 13.8 Å². The molecule has 2 rings (SSSR count). The monoisotopic (exact) mass is 267 g/mol. The molecule has 0 fully saturated rings. The molecule has 0 unspecified atom stereocenters. The van der Waals surface area contributed by atoms with Gasteiger partial charge in [0.05, 0.1) is 5.56 Å². The van der Waals surface area contributed by atoms with Crippen molar-refractivity contribution < 1.29 is 4.42 Å². The van der Waals surface area contributed by atoms with E-state index in [1.165, 1.54) is 0 Å². The average Bonchev–Trinajstić information content (AvgIpc) is 2.58. The number of halogens is 1. The van der Waals surface area contributed by atoms with Gasteiger partial charge < -0.3 is 10.2 Å². The zero-order valence-electron chi connectivity index (χ0n) is 8.41. The van der Waals surface area contributed by atoms with E-state index in [9.17, 15) is 0 Å². The lowest BCUT2D eigenvalue weighted by atomic mass is 10.1. The van der Waals surface area contributed by atoms with E-state index in [1.807, 2.05) is 19.1 Å². The Bertz CT molecular complexity index is 507. The third kappa shape index (κ3) is 1.87. The first-order chi connectivity index (χ1) is 7.08. The maximum absolute atomic E-state index is 5.94. The molecular weight excluding hydrogens is 258 g/mol. The normalized spacial score (nSPS) is 10.6. The van der Waals surface area contributed by atoms with Crippen LogP contribution in [0, 0.1) is 13.8 Å². The van der Waals surface area contributed by atoms with Gasteiger partial charge in [-0.25, -0.2) is 0 Å². The molecule has 2 N–H and O–H groups in total. The van der Waals surface area contributed by atoms with Crippen molar-refractivity contribution in [2.24, 2.45) is 0 Å². The van der Waals surface area contributed by atoms with Crippen molar-refractivity contribution >= 4 is 21.6 Å². The Morgan fingerprint density at radius 2 is 2.00 bits per heavy atom. The molecule has 0 aliphatic rings. The van der Waals surface area contributed by atoms with E-state index >= 15 is 0 Å². The van der Waals surface area contributed by atoms with Crippen molar-refractivity contribution in [1.29, 1.82) is 0 Å². The van der Waals surface area contributed by atoms with Crippen LogP contribution in [-0.4, -0.2) is 10.2 Å². The highest BCUT2D eigenvalue weighted by molar-refractivity contribution is 9.10. The Morgan fingerprint density at radius 1 is 1.27 bits per heavy atom. The maximum atomic E-state index is 5.94. The van der Waals surface area contributed by atoms with E-state index in [2.05, 4.69) is 26.1 Å². The second kappa shape index (κ2) is 3.66. The van der Waals surface area contributed by atoms with Crippen molar-refractivity contribution in [3.63, 3.8) is 0 Å². The second-order valence-corrected chi connectivity index (χ2v) is 4.23. The minimum absolute atomic E-state index is 0.453. The molecule has 0 bridgehead atoms. The third-order valence-corrected chi connectivity index (χ3v) is 2.57. The number of aromatic nitrogens is 2. The number of anilines is 1. The van der Waals surface area contributed by atoms with Crippen LogP contribution in [0.2, 0.25) is 0 Å². The molecule has 1 aromatic carbocycles. The topological polar surface area (TPSA) is 64.9 Å². The predicted molar refractivity (Wildman–Crippen MR) is 61.3 cm³/mol. The van der Waals surface area contributed by atoms with Crippen LogP contribution >= 0.6 is 15.9 Å². The lowest BCUT2D eigenvalue weighted by Gasteiger charge is -2.05. The number of rotatable bonds is 1.